The molecule has 3 N–H and O–H groups in total. The summed E-state index contributed by atoms with van der Waals surface area (Å²) in [6, 6.07) is 10.6. The Morgan fingerprint density at radius 3 is 2.81 bits per heavy atom. The Balaban J connectivity index is 1.41. The molecule has 1 aromatic carbocycles. The lowest BCUT2D eigenvalue weighted by Gasteiger charge is -2.18. The lowest BCUT2D eigenvalue weighted by Crippen LogP contribution is -2.41. The lowest BCUT2D eigenvalue weighted by atomic mass is 10.0. The van der Waals surface area contributed by atoms with E-state index in [-0.39, 0.29) is 11.4 Å². The molecule has 3 aliphatic carbocycles. The van der Waals surface area contributed by atoms with Crippen LogP contribution in [0.4, 0.5) is 0 Å². The first-order valence-corrected chi connectivity index (χ1v) is 7.61. The van der Waals surface area contributed by atoms with Crippen LogP contribution < -0.4 is 16.2 Å². The highest BCUT2D eigenvalue weighted by Crippen LogP contribution is 2.51. The Morgan fingerprint density at radius 1 is 1.24 bits per heavy atom. The lowest BCUT2D eigenvalue weighted by molar-refractivity contribution is -0.118. The minimum Gasteiger partial charge on any atom is -0.341 e. The van der Waals surface area contributed by atoms with Gasteiger partial charge in [0.1, 0.15) is 5.70 Å². The van der Waals surface area contributed by atoms with Crippen molar-refractivity contribution in [1.82, 2.24) is 16.2 Å². The van der Waals surface area contributed by atoms with E-state index in [1.54, 1.807) is 0 Å². The Bertz CT molecular complexity index is 700. The predicted molar refractivity (Wildman–Crippen MR) is 78.8 cm³/mol. The van der Waals surface area contributed by atoms with Crippen LogP contribution in [0, 0.1) is 5.92 Å². The van der Waals surface area contributed by atoms with Gasteiger partial charge < -0.3 is 10.7 Å². The molecule has 0 aromatic heterocycles. The molecule has 21 heavy (non-hydrogen) atoms. The van der Waals surface area contributed by atoms with Crippen LogP contribution in [0.2, 0.25) is 0 Å². The number of carbonyl (C=O) groups is 1. The van der Waals surface area contributed by atoms with E-state index in [4.69, 9.17) is 0 Å². The van der Waals surface area contributed by atoms with Crippen LogP contribution in [0.3, 0.4) is 0 Å². The fourth-order valence-corrected chi connectivity index (χ4v) is 3.66. The number of carbonyl (C=O) groups excluding carboxylic acids is 1. The second kappa shape index (κ2) is 3.77. The molecule has 0 saturated heterocycles. The zero-order valence-electron chi connectivity index (χ0n) is 11.6. The van der Waals surface area contributed by atoms with Gasteiger partial charge in [-0.15, -0.1) is 0 Å². The number of hydrazine groups is 1. The Hall–Kier alpha value is -2.07. The van der Waals surface area contributed by atoms with Crippen molar-refractivity contribution in [3.63, 3.8) is 0 Å². The molecule has 1 aliphatic heterocycles. The Kier molecular flexibility index (Phi) is 2.08. The van der Waals surface area contributed by atoms with E-state index in [0.717, 1.165) is 18.4 Å². The zero-order valence-corrected chi connectivity index (χ0v) is 11.6. The molecule has 1 aromatic rings. The van der Waals surface area contributed by atoms with Gasteiger partial charge in [-0.25, -0.2) is 5.43 Å². The fourth-order valence-electron chi connectivity index (χ4n) is 3.66. The highest BCUT2D eigenvalue weighted by Gasteiger charge is 2.50. The molecule has 0 spiro atoms. The SMILES string of the molecule is O=C(NC1(c2ccccc2)CC1)C1=C2C=C3CC3C2NN1. The van der Waals surface area contributed by atoms with Crippen LogP contribution in [0.15, 0.2) is 53.3 Å². The molecule has 2 unspecified atom stereocenters. The van der Waals surface area contributed by atoms with Crippen LogP contribution in [-0.2, 0) is 10.3 Å². The summed E-state index contributed by atoms with van der Waals surface area (Å²) in [4.78, 5) is 12.6. The van der Waals surface area contributed by atoms with Gasteiger partial charge in [-0.05, 0) is 24.8 Å². The summed E-state index contributed by atoms with van der Waals surface area (Å²) in [6.45, 7) is 0. The predicted octanol–water partition coefficient (Wildman–Crippen LogP) is 1.48. The molecule has 1 amide bonds. The second-order valence-corrected chi connectivity index (χ2v) is 6.51. The van der Waals surface area contributed by atoms with Gasteiger partial charge in [0.2, 0.25) is 0 Å². The summed E-state index contributed by atoms with van der Waals surface area (Å²) in [5.74, 6) is 0.640. The van der Waals surface area contributed by atoms with E-state index in [9.17, 15) is 4.79 Å². The molecule has 4 heteroatoms. The van der Waals surface area contributed by atoms with Crippen molar-refractivity contribution in [2.45, 2.75) is 30.8 Å². The minimum absolute atomic E-state index is 0.0134. The average Bonchev–Trinajstić information content (AvgIpc) is 3.38. The van der Waals surface area contributed by atoms with Crippen LogP contribution in [0.1, 0.15) is 24.8 Å². The third kappa shape index (κ3) is 1.62. The first kappa shape index (κ1) is 11.6. The zero-order chi connectivity index (χ0) is 14.0. The summed E-state index contributed by atoms with van der Waals surface area (Å²) in [5, 5.41) is 3.24. The maximum Gasteiger partial charge on any atom is 0.269 e. The maximum atomic E-state index is 12.6. The standard InChI is InChI=1S/C17H17N3O/c21-16(15-13-9-10-8-12(10)14(13)19-20-15)18-17(6-7-17)11-4-2-1-3-5-11/h1-5,9,12,14,19-20H,6-8H2,(H,18,21). The van der Waals surface area contributed by atoms with E-state index < -0.39 is 0 Å². The summed E-state index contributed by atoms with van der Waals surface area (Å²) < 4.78 is 0. The Labute approximate surface area is 123 Å². The van der Waals surface area contributed by atoms with E-state index in [2.05, 4.69) is 34.4 Å². The molecular formula is C17H17N3O. The third-order valence-electron chi connectivity index (χ3n) is 5.15. The number of amides is 1. The van der Waals surface area contributed by atoms with E-state index >= 15 is 0 Å². The van der Waals surface area contributed by atoms with Crippen LogP contribution in [0.25, 0.3) is 0 Å². The molecular weight excluding hydrogens is 262 g/mol. The smallest absolute Gasteiger partial charge is 0.269 e. The monoisotopic (exact) mass is 279 g/mol. The van der Waals surface area contributed by atoms with Crippen LogP contribution >= 0.6 is 0 Å². The van der Waals surface area contributed by atoms with Gasteiger partial charge in [-0.2, -0.15) is 0 Å². The van der Waals surface area contributed by atoms with Crippen molar-refractivity contribution < 1.29 is 4.79 Å². The largest absolute Gasteiger partial charge is 0.341 e. The number of rotatable bonds is 3. The molecule has 2 saturated carbocycles. The summed E-state index contributed by atoms with van der Waals surface area (Å²) in [6.07, 6.45) is 5.42. The van der Waals surface area contributed by atoms with Crippen LogP contribution in [0.5, 0.6) is 0 Å². The van der Waals surface area contributed by atoms with Crippen molar-refractivity contribution >= 4 is 5.91 Å². The molecule has 106 valence electrons. The summed E-state index contributed by atoms with van der Waals surface area (Å²) in [5.41, 5.74) is 10.7. The van der Waals surface area contributed by atoms with Gasteiger partial charge >= 0.3 is 0 Å². The highest BCUT2D eigenvalue weighted by molar-refractivity contribution is 5.96. The molecule has 0 bridgehead atoms. The first-order chi connectivity index (χ1) is 10.3. The van der Waals surface area contributed by atoms with Gasteiger partial charge in [0.05, 0.1) is 11.6 Å². The van der Waals surface area contributed by atoms with Gasteiger partial charge in [0, 0.05) is 11.5 Å². The number of fused-ring (bicyclic) bond motifs is 3. The number of hydrogen-bond acceptors (Lipinski definition) is 3. The maximum absolute atomic E-state index is 12.6. The van der Waals surface area contributed by atoms with Gasteiger partial charge in [-0.1, -0.05) is 42.0 Å². The van der Waals surface area contributed by atoms with E-state index in [1.807, 2.05) is 18.2 Å². The molecule has 5 rings (SSSR count). The number of benzene rings is 1. The van der Waals surface area contributed by atoms with E-state index in [1.165, 1.54) is 17.6 Å². The molecule has 4 nitrogen and oxygen atoms in total. The molecule has 2 fully saturated rings. The van der Waals surface area contributed by atoms with Crippen molar-refractivity contribution in [2.24, 2.45) is 5.92 Å². The molecule has 4 aliphatic rings. The molecule has 2 atom stereocenters. The third-order valence-corrected chi connectivity index (χ3v) is 5.15. The number of nitrogens with one attached hydrogen (secondary N) is 3. The summed E-state index contributed by atoms with van der Waals surface area (Å²) >= 11 is 0. The normalized spacial score (nSPS) is 30.2. The summed E-state index contributed by atoms with van der Waals surface area (Å²) in [7, 11) is 0. The van der Waals surface area contributed by atoms with Crippen molar-refractivity contribution in [2.75, 3.05) is 0 Å². The van der Waals surface area contributed by atoms with Crippen molar-refractivity contribution in [1.29, 1.82) is 0 Å². The van der Waals surface area contributed by atoms with Gasteiger partial charge in [-0.3, -0.25) is 4.79 Å². The topological polar surface area (TPSA) is 53.2 Å². The number of hydrogen-bond donors (Lipinski definition) is 3. The quantitative estimate of drug-likeness (QED) is 0.785. The fraction of sp³-hybridized carbons (Fsp3) is 0.353. The minimum atomic E-state index is -0.152. The molecule has 1 heterocycles. The second-order valence-electron chi connectivity index (χ2n) is 6.51. The van der Waals surface area contributed by atoms with Gasteiger partial charge in [0.15, 0.2) is 0 Å². The highest BCUT2D eigenvalue weighted by atomic mass is 16.2. The van der Waals surface area contributed by atoms with Gasteiger partial charge in [0.25, 0.3) is 5.91 Å². The van der Waals surface area contributed by atoms with E-state index in [0.29, 0.717) is 17.7 Å². The van der Waals surface area contributed by atoms with Crippen molar-refractivity contribution in [3.8, 4) is 0 Å². The average molecular weight is 279 g/mol. The molecule has 0 radical (unpaired) electrons. The van der Waals surface area contributed by atoms with Crippen LogP contribution in [-0.4, -0.2) is 11.9 Å². The Morgan fingerprint density at radius 2 is 2.05 bits per heavy atom. The van der Waals surface area contributed by atoms with Crippen molar-refractivity contribution in [3.05, 3.63) is 58.8 Å². The first-order valence-electron chi connectivity index (χ1n) is 7.61.